The molecule has 2 nitrogen and oxygen atoms in total. The number of carbonyl (C=O) groups excluding carboxylic acids is 1. The number of aliphatic hydroxyl groups is 1. The lowest BCUT2D eigenvalue weighted by Gasteiger charge is -2.03. The molecule has 70 valence electrons. The lowest BCUT2D eigenvalue weighted by Crippen LogP contribution is -1.97. The molecule has 0 aromatic heterocycles. The van der Waals surface area contributed by atoms with E-state index in [0.29, 0.717) is 6.42 Å². The fourth-order valence-electron chi connectivity index (χ4n) is 1.12. The van der Waals surface area contributed by atoms with Gasteiger partial charge >= 0.3 is 0 Å². The van der Waals surface area contributed by atoms with Gasteiger partial charge in [-0.25, -0.2) is 0 Å². The first-order chi connectivity index (χ1) is 6.13. The topological polar surface area (TPSA) is 37.3 Å². The van der Waals surface area contributed by atoms with E-state index < -0.39 is 0 Å². The molecule has 1 rings (SSSR count). The van der Waals surface area contributed by atoms with E-state index in [0.717, 1.165) is 15.6 Å². The second-order valence-corrected chi connectivity index (χ2v) is 3.82. The molecule has 1 aromatic rings. The molecule has 0 aliphatic carbocycles. The molecular formula is C10H11BrO2. The summed E-state index contributed by atoms with van der Waals surface area (Å²) in [5.74, 6) is 0.142. The Hall–Kier alpha value is -0.670. The average Bonchev–Trinajstić information content (AvgIpc) is 2.03. The number of hydrogen-bond donors (Lipinski definition) is 1. The van der Waals surface area contributed by atoms with Crippen molar-refractivity contribution < 1.29 is 9.90 Å². The molecule has 0 heterocycles. The number of Topliss-reactive ketones (excluding diaryl/α,β-unsaturated/α-hetero) is 1. The number of rotatable bonds is 3. The van der Waals surface area contributed by atoms with Gasteiger partial charge in [0.25, 0.3) is 0 Å². The molecule has 0 radical (unpaired) electrons. The Bertz CT molecular complexity index is 321. The Morgan fingerprint density at radius 2 is 2.23 bits per heavy atom. The first-order valence-corrected chi connectivity index (χ1v) is 4.80. The van der Waals surface area contributed by atoms with Crippen LogP contribution < -0.4 is 0 Å². The highest BCUT2D eigenvalue weighted by molar-refractivity contribution is 9.10. The highest BCUT2D eigenvalue weighted by Gasteiger charge is 2.02. The molecular weight excluding hydrogens is 232 g/mol. The zero-order valence-corrected chi connectivity index (χ0v) is 8.97. The van der Waals surface area contributed by atoms with Crippen molar-refractivity contribution in [2.75, 3.05) is 0 Å². The lowest BCUT2D eigenvalue weighted by atomic mass is 10.1. The Morgan fingerprint density at radius 1 is 1.54 bits per heavy atom. The van der Waals surface area contributed by atoms with Crippen molar-refractivity contribution in [1.29, 1.82) is 0 Å². The summed E-state index contributed by atoms with van der Waals surface area (Å²) in [6.45, 7) is 1.58. The van der Waals surface area contributed by atoms with E-state index >= 15 is 0 Å². The maximum Gasteiger partial charge on any atom is 0.134 e. The van der Waals surface area contributed by atoms with Gasteiger partial charge in [-0.1, -0.05) is 28.1 Å². The summed E-state index contributed by atoms with van der Waals surface area (Å²) < 4.78 is 0.855. The van der Waals surface area contributed by atoms with Crippen LogP contribution in [0.4, 0.5) is 0 Å². The van der Waals surface area contributed by atoms with Crippen LogP contribution in [0.25, 0.3) is 0 Å². The van der Waals surface area contributed by atoms with Crippen LogP contribution in [-0.4, -0.2) is 10.9 Å². The van der Waals surface area contributed by atoms with Gasteiger partial charge in [-0.05, 0) is 24.1 Å². The average molecular weight is 243 g/mol. The molecule has 0 aliphatic rings. The molecule has 0 fully saturated rings. The highest BCUT2D eigenvalue weighted by Crippen LogP contribution is 2.18. The summed E-state index contributed by atoms with van der Waals surface area (Å²) in [5, 5.41) is 8.89. The molecule has 0 bridgehead atoms. The normalized spacial score (nSPS) is 10.1. The van der Waals surface area contributed by atoms with E-state index in [2.05, 4.69) is 15.9 Å². The van der Waals surface area contributed by atoms with Crippen LogP contribution in [0.2, 0.25) is 0 Å². The third-order valence-electron chi connectivity index (χ3n) is 1.74. The zero-order valence-electron chi connectivity index (χ0n) is 7.38. The maximum atomic E-state index is 10.8. The second-order valence-electron chi connectivity index (χ2n) is 2.96. The predicted molar refractivity (Wildman–Crippen MR) is 54.4 cm³/mol. The van der Waals surface area contributed by atoms with Crippen LogP contribution in [0, 0.1) is 0 Å². The molecule has 0 atom stereocenters. The number of hydrogen-bond acceptors (Lipinski definition) is 2. The Kier molecular flexibility index (Phi) is 3.63. The monoisotopic (exact) mass is 242 g/mol. The van der Waals surface area contributed by atoms with Crippen molar-refractivity contribution in [1.82, 2.24) is 0 Å². The SMILES string of the molecule is CC(=O)Cc1ccc(CO)c(Br)c1. The van der Waals surface area contributed by atoms with Crippen LogP contribution in [0.5, 0.6) is 0 Å². The van der Waals surface area contributed by atoms with Gasteiger partial charge in [0.15, 0.2) is 0 Å². The fraction of sp³-hybridized carbons (Fsp3) is 0.300. The number of benzene rings is 1. The molecule has 0 saturated heterocycles. The molecule has 1 N–H and O–H groups in total. The van der Waals surface area contributed by atoms with Crippen molar-refractivity contribution in [3.8, 4) is 0 Å². The zero-order chi connectivity index (χ0) is 9.84. The van der Waals surface area contributed by atoms with E-state index in [1.54, 1.807) is 6.92 Å². The first-order valence-electron chi connectivity index (χ1n) is 4.01. The van der Waals surface area contributed by atoms with E-state index in [-0.39, 0.29) is 12.4 Å². The predicted octanol–water partition coefficient (Wildman–Crippen LogP) is 2.07. The van der Waals surface area contributed by atoms with Crippen molar-refractivity contribution >= 4 is 21.7 Å². The largest absolute Gasteiger partial charge is 0.392 e. The van der Waals surface area contributed by atoms with E-state index in [4.69, 9.17) is 5.11 Å². The molecule has 0 spiro atoms. The molecule has 0 saturated carbocycles. The fourth-order valence-corrected chi connectivity index (χ4v) is 1.67. The van der Waals surface area contributed by atoms with Gasteiger partial charge in [-0.2, -0.15) is 0 Å². The molecule has 1 aromatic carbocycles. The number of ketones is 1. The highest BCUT2D eigenvalue weighted by atomic mass is 79.9. The minimum atomic E-state index is 0.0148. The Labute approximate surface area is 85.7 Å². The van der Waals surface area contributed by atoms with Crippen LogP contribution in [0.3, 0.4) is 0 Å². The van der Waals surface area contributed by atoms with Gasteiger partial charge in [0, 0.05) is 10.9 Å². The van der Waals surface area contributed by atoms with Gasteiger partial charge in [-0.3, -0.25) is 4.79 Å². The summed E-state index contributed by atoms with van der Waals surface area (Å²) in [5.41, 5.74) is 1.81. The second kappa shape index (κ2) is 4.53. The smallest absolute Gasteiger partial charge is 0.134 e. The molecule has 0 aliphatic heterocycles. The van der Waals surface area contributed by atoms with Crippen LogP contribution in [-0.2, 0) is 17.8 Å². The number of aliphatic hydroxyl groups excluding tert-OH is 1. The molecule has 13 heavy (non-hydrogen) atoms. The lowest BCUT2D eigenvalue weighted by molar-refractivity contribution is -0.116. The van der Waals surface area contributed by atoms with E-state index in [1.807, 2.05) is 18.2 Å². The molecule has 3 heteroatoms. The van der Waals surface area contributed by atoms with E-state index in [9.17, 15) is 4.79 Å². The van der Waals surface area contributed by atoms with Gasteiger partial charge in [0.1, 0.15) is 5.78 Å². The first kappa shape index (κ1) is 10.4. The summed E-state index contributed by atoms with van der Waals surface area (Å²) in [6.07, 6.45) is 0.449. The van der Waals surface area contributed by atoms with Crippen molar-refractivity contribution in [2.24, 2.45) is 0 Å². The summed E-state index contributed by atoms with van der Waals surface area (Å²) >= 11 is 3.33. The van der Waals surface area contributed by atoms with Gasteiger partial charge < -0.3 is 5.11 Å². The quantitative estimate of drug-likeness (QED) is 0.882. The van der Waals surface area contributed by atoms with E-state index in [1.165, 1.54) is 0 Å². The van der Waals surface area contributed by atoms with Crippen LogP contribution in [0.15, 0.2) is 22.7 Å². The standard InChI is InChI=1S/C10H11BrO2/c1-7(13)4-8-2-3-9(6-12)10(11)5-8/h2-3,5,12H,4,6H2,1H3. The number of carbonyl (C=O) groups is 1. The van der Waals surface area contributed by atoms with Crippen molar-refractivity contribution in [3.63, 3.8) is 0 Å². The van der Waals surface area contributed by atoms with Crippen LogP contribution in [0.1, 0.15) is 18.1 Å². The van der Waals surface area contributed by atoms with Crippen LogP contribution >= 0.6 is 15.9 Å². The van der Waals surface area contributed by atoms with Gasteiger partial charge in [0.2, 0.25) is 0 Å². The summed E-state index contributed by atoms with van der Waals surface area (Å²) in [4.78, 5) is 10.8. The Morgan fingerprint density at radius 3 is 2.69 bits per heavy atom. The summed E-state index contributed by atoms with van der Waals surface area (Å²) in [6, 6.07) is 5.55. The van der Waals surface area contributed by atoms with Gasteiger partial charge in [-0.15, -0.1) is 0 Å². The van der Waals surface area contributed by atoms with Crippen molar-refractivity contribution in [3.05, 3.63) is 33.8 Å². The maximum absolute atomic E-state index is 10.8. The minimum Gasteiger partial charge on any atom is -0.392 e. The van der Waals surface area contributed by atoms with Gasteiger partial charge in [0.05, 0.1) is 6.61 Å². The minimum absolute atomic E-state index is 0.0148. The summed E-state index contributed by atoms with van der Waals surface area (Å²) in [7, 11) is 0. The third kappa shape index (κ3) is 2.94. The van der Waals surface area contributed by atoms with Crippen molar-refractivity contribution in [2.45, 2.75) is 20.0 Å². The molecule has 0 unspecified atom stereocenters. The molecule has 0 amide bonds. The Balaban J connectivity index is 2.89. The third-order valence-corrected chi connectivity index (χ3v) is 2.48. The number of halogens is 1.